The Bertz CT molecular complexity index is 272. The zero-order valence-electron chi connectivity index (χ0n) is 12.7. The second kappa shape index (κ2) is 8.51. The van der Waals surface area contributed by atoms with Crippen LogP contribution in [0.4, 0.5) is 0 Å². The van der Waals surface area contributed by atoms with E-state index in [4.69, 9.17) is 5.73 Å². The first kappa shape index (κ1) is 16.4. The number of nitrogens with two attached hydrogens (primary N) is 1. The smallest absolute Gasteiger partial charge is 0.236 e. The minimum atomic E-state index is -0.0282. The summed E-state index contributed by atoms with van der Waals surface area (Å²) in [4.78, 5) is 16.5. The van der Waals surface area contributed by atoms with Crippen LogP contribution in [0.15, 0.2) is 0 Å². The quantitative estimate of drug-likeness (QED) is 0.726. The topological polar surface area (TPSA) is 61.6 Å². The third kappa shape index (κ3) is 4.75. The molecular weight excluding hydrogens is 240 g/mol. The first-order valence-corrected chi connectivity index (χ1v) is 7.53. The summed E-state index contributed by atoms with van der Waals surface area (Å²) in [5.74, 6) is 0.113. The number of amides is 1. The van der Waals surface area contributed by atoms with Crippen molar-refractivity contribution < 1.29 is 4.79 Å². The van der Waals surface area contributed by atoms with Crippen molar-refractivity contribution in [3.63, 3.8) is 0 Å². The highest BCUT2D eigenvalue weighted by Crippen LogP contribution is 2.13. The molecule has 0 radical (unpaired) electrons. The van der Waals surface area contributed by atoms with Gasteiger partial charge in [0.15, 0.2) is 0 Å². The van der Waals surface area contributed by atoms with Gasteiger partial charge in [-0.1, -0.05) is 6.92 Å². The van der Waals surface area contributed by atoms with Gasteiger partial charge in [-0.3, -0.25) is 14.6 Å². The van der Waals surface area contributed by atoms with Crippen molar-refractivity contribution in [3.8, 4) is 0 Å². The number of hydrogen-bond acceptors (Lipinski definition) is 4. The van der Waals surface area contributed by atoms with E-state index in [0.717, 1.165) is 52.0 Å². The van der Waals surface area contributed by atoms with Gasteiger partial charge in [0.05, 0.1) is 6.04 Å². The SMILES string of the molecule is CCC(CCN)N1CCCN(C(C)C(=O)NC)CC1. The summed E-state index contributed by atoms with van der Waals surface area (Å²) in [5, 5.41) is 2.74. The van der Waals surface area contributed by atoms with Crippen molar-refractivity contribution in [2.24, 2.45) is 5.73 Å². The van der Waals surface area contributed by atoms with Crippen molar-refractivity contribution >= 4 is 5.91 Å². The second-order valence-electron chi connectivity index (χ2n) is 5.36. The number of nitrogens with zero attached hydrogens (tertiary/aromatic N) is 2. The molecule has 0 spiro atoms. The molecule has 112 valence electrons. The lowest BCUT2D eigenvalue weighted by Crippen LogP contribution is -2.46. The standard InChI is InChI=1S/C14H30N4O/c1-4-13(6-7-15)18-9-5-8-17(10-11-18)12(2)14(19)16-3/h12-13H,4-11,15H2,1-3H3,(H,16,19). The van der Waals surface area contributed by atoms with E-state index in [0.29, 0.717) is 6.04 Å². The van der Waals surface area contributed by atoms with Gasteiger partial charge in [-0.25, -0.2) is 0 Å². The fraction of sp³-hybridized carbons (Fsp3) is 0.929. The fourth-order valence-corrected chi connectivity index (χ4v) is 2.92. The van der Waals surface area contributed by atoms with E-state index >= 15 is 0 Å². The summed E-state index contributed by atoms with van der Waals surface area (Å²) >= 11 is 0. The van der Waals surface area contributed by atoms with Crippen LogP contribution in [0.5, 0.6) is 0 Å². The molecule has 2 unspecified atom stereocenters. The summed E-state index contributed by atoms with van der Waals surface area (Å²) in [6, 6.07) is 0.569. The molecule has 0 saturated carbocycles. The van der Waals surface area contributed by atoms with Gasteiger partial charge >= 0.3 is 0 Å². The van der Waals surface area contributed by atoms with Gasteiger partial charge in [0.25, 0.3) is 0 Å². The van der Waals surface area contributed by atoms with Gasteiger partial charge in [-0.15, -0.1) is 0 Å². The fourth-order valence-electron chi connectivity index (χ4n) is 2.92. The number of carbonyl (C=O) groups is 1. The van der Waals surface area contributed by atoms with Crippen LogP contribution in [0.1, 0.15) is 33.1 Å². The summed E-state index contributed by atoms with van der Waals surface area (Å²) in [6.45, 7) is 9.12. The molecule has 2 atom stereocenters. The van der Waals surface area contributed by atoms with E-state index in [1.807, 2.05) is 6.92 Å². The molecule has 1 rings (SSSR count). The molecule has 5 heteroatoms. The maximum Gasteiger partial charge on any atom is 0.236 e. The van der Waals surface area contributed by atoms with E-state index in [9.17, 15) is 4.79 Å². The van der Waals surface area contributed by atoms with Gasteiger partial charge in [0, 0.05) is 32.7 Å². The van der Waals surface area contributed by atoms with Crippen LogP contribution in [0.25, 0.3) is 0 Å². The molecule has 19 heavy (non-hydrogen) atoms. The van der Waals surface area contributed by atoms with Gasteiger partial charge < -0.3 is 11.1 Å². The summed E-state index contributed by atoms with van der Waals surface area (Å²) in [5.41, 5.74) is 5.69. The third-order valence-corrected chi connectivity index (χ3v) is 4.23. The molecule has 3 N–H and O–H groups in total. The van der Waals surface area contributed by atoms with Crippen molar-refractivity contribution in [1.82, 2.24) is 15.1 Å². The molecule has 5 nitrogen and oxygen atoms in total. The molecule has 0 aliphatic carbocycles. The summed E-state index contributed by atoms with van der Waals surface area (Å²) < 4.78 is 0. The lowest BCUT2D eigenvalue weighted by Gasteiger charge is -2.30. The zero-order valence-corrected chi connectivity index (χ0v) is 12.7. The van der Waals surface area contributed by atoms with Crippen molar-refractivity contribution in [2.45, 2.75) is 45.2 Å². The molecule has 0 bridgehead atoms. The molecule has 1 fully saturated rings. The van der Waals surface area contributed by atoms with E-state index in [1.165, 1.54) is 0 Å². The average Bonchev–Trinajstić information content (AvgIpc) is 2.68. The normalized spacial score (nSPS) is 21.7. The van der Waals surface area contributed by atoms with Crippen LogP contribution in [0.2, 0.25) is 0 Å². The van der Waals surface area contributed by atoms with Crippen molar-refractivity contribution in [2.75, 3.05) is 39.8 Å². The highest BCUT2D eigenvalue weighted by Gasteiger charge is 2.25. The molecule has 1 aliphatic heterocycles. The molecule has 1 amide bonds. The number of rotatable bonds is 6. The molecule has 0 aromatic rings. The monoisotopic (exact) mass is 270 g/mol. The van der Waals surface area contributed by atoms with E-state index in [2.05, 4.69) is 22.0 Å². The maximum absolute atomic E-state index is 11.7. The number of nitrogens with one attached hydrogen (secondary N) is 1. The first-order valence-electron chi connectivity index (χ1n) is 7.53. The maximum atomic E-state index is 11.7. The Kier molecular flexibility index (Phi) is 7.34. The Morgan fingerprint density at radius 2 is 1.89 bits per heavy atom. The first-order chi connectivity index (χ1) is 9.13. The predicted octanol–water partition coefficient (Wildman–Crippen LogP) is 0.256. The van der Waals surface area contributed by atoms with Gasteiger partial charge in [-0.2, -0.15) is 0 Å². The Labute approximate surface area is 117 Å². The van der Waals surface area contributed by atoms with Gasteiger partial charge in [0.2, 0.25) is 5.91 Å². The minimum absolute atomic E-state index is 0.0282. The second-order valence-corrected chi connectivity index (χ2v) is 5.36. The highest BCUT2D eigenvalue weighted by atomic mass is 16.2. The van der Waals surface area contributed by atoms with Crippen LogP contribution >= 0.6 is 0 Å². The molecule has 1 saturated heterocycles. The van der Waals surface area contributed by atoms with Crippen LogP contribution < -0.4 is 11.1 Å². The van der Waals surface area contributed by atoms with Crippen LogP contribution in [-0.4, -0.2) is 67.6 Å². The number of likely N-dealkylation sites (N-methyl/N-ethyl adjacent to an activating group) is 1. The van der Waals surface area contributed by atoms with Crippen molar-refractivity contribution in [1.29, 1.82) is 0 Å². The average molecular weight is 270 g/mol. The van der Waals surface area contributed by atoms with Gasteiger partial charge in [0.1, 0.15) is 0 Å². The Morgan fingerprint density at radius 3 is 2.47 bits per heavy atom. The highest BCUT2D eigenvalue weighted by molar-refractivity contribution is 5.80. The van der Waals surface area contributed by atoms with Crippen LogP contribution in [0, 0.1) is 0 Å². The van der Waals surface area contributed by atoms with Crippen molar-refractivity contribution in [3.05, 3.63) is 0 Å². The minimum Gasteiger partial charge on any atom is -0.358 e. The van der Waals surface area contributed by atoms with Crippen LogP contribution in [0.3, 0.4) is 0 Å². The Hall–Kier alpha value is -0.650. The number of hydrogen-bond donors (Lipinski definition) is 2. The summed E-state index contributed by atoms with van der Waals surface area (Å²) in [6.07, 6.45) is 3.35. The molecule has 0 aromatic heterocycles. The van der Waals surface area contributed by atoms with Gasteiger partial charge in [-0.05, 0) is 39.3 Å². The van der Waals surface area contributed by atoms with E-state index in [1.54, 1.807) is 7.05 Å². The third-order valence-electron chi connectivity index (χ3n) is 4.23. The predicted molar refractivity (Wildman–Crippen MR) is 79.0 cm³/mol. The Balaban J connectivity index is 2.53. The van der Waals surface area contributed by atoms with E-state index < -0.39 is 0 Å². The molecular formula is C14H30N4O. The molecule has 1 heterocycles. The van der Waals surface area contributed by atoms with Crippen LogP contribution in [-0.2, 0) is 4.79 Å². The summed E-state index contributed by atoms with van der Waals surface area (Å²) in [7, 11) is 1.71. The largest absolute Gasteiger partial charge is 0.358 e. The Morgan fingerprint density at radius 1 is 1.26 bits per heavy atom. The van der Waals surface area contributed by atoms with E-state index in [-0.39, 0.29) is 11.9 Å². The lowest BCUT2D eigenvalue weighted by molar-refractivity contribution is -0.125. The number of carbonyl (C=O) groups excluding carboxylic acids is 1. The molecule has 1 aliphatic rings. The molecule has 0 aromatic carbocycles. The lowest BCUT2D eigenvalue weighted by atomic mass is 10.1. The zero-order chi connectivity index (χ0) is 14.3.